The molecule has 7 heteroatoms. The van der Waals surface area contributed by atoms with Crippen LogP contribution in [0.15, 0.2) is 77.7 Å². The van der Waals surface area contributed by atoms with Gasteiger partial charge in [-0.1, -0.05) is 35.4 Å². The van der Waals surface area contributed by atoms with Crippen molar-refractivity contribution in [3.63, 3.8) is 0 Å². The van der Waals surface area contributed by atoms with Crippen LogP contribution in [-0.2, 0) is 14.8 Å². The van der Waals surface area contributed by atoms with Gasteiger partial charge in [-0.15, -0.1) is 0 Å². The highest BCUT2D eigenvalue weighted by Crippen LogP contribution is 2.25. The van der Waals surface area contributed by atoms with E-state index in [2.05, 4.69) is 10.2 Å². The van der Waals surface area contributed by atoms with Gasteiger partial charge >= 0.3 is 0 Å². The van der Waals surface area contributed by atoms with E-state index < -0.39 is 15.9 Å². The third-order valence-corrected chi connectivity index (χ3v) is 7.63. The molecule has 0 bridgehead atoms. The normalized spacial score (nSPS) is 13.7. The van der Waals surface area contributed by atoms with E-state index in [0.717, 1.165) is 34.2 Å². The minimum atomic E-state index is -3.92. The lowest BCUT2D eigenvalue weighted by Gasteiger charge is -2.24. The Morgan fingerprint density at radius 2 is 1.39 bits per heavy atom. The average molecular weight is 464 g/mol. The fourth-order valence-corrected chi connectivity index (χ4v) is 5.35. The summed E-state index contributed by atoms with van der Waals surface area (Å²) in [6, 6.07) is 21.4. The zero-order valence-electron chi connectivity index (χ0n) is 19.0. The van der Waals surface area contributed by atoms with E-state index >= 15 is 0 Å². The first kappa shape index (κ1) is 22.9. The molecule has 1 fully saturated rings. The predicted octanol–water partition coefficient (Wildman–Crippen LogP) is 4.74. The zero-order valence-corrected chi connectivity index (χ0v) is 19.8. The summed E-state index contributed by atoms with van der Waals surface area (Å²) in [5.41, 5.74) is 4.19. The SMILES string of the molecule is Cc1ccc(N(CC(=O)Nc2ccc(N3CCCC3)cc2)S(=O)(=O)c2ccc(C)cc2)cc1. The Balaban J connectivity index is 1.55. The van der Waals surface area contributed by atoms with Gasteiger partial charge < -0.3 is 10.2 Å². The van der Waals surface area contributed by atoms with E-state index in [4.69, 9.17) is 0 Å². The highest BCUT2D eigenvalue weighted by atomic mass is 32.2. The van der Waals surface area contributed by atoms with Crippen molar-refractivity contribution in [3.05, 3.63) is 83.9 Å². The molecule has 0 aromatic heterocycles. The summed E-state index contributed by atoms with van der Waals surface area (Å²) < 4.78 is 28.1. The van der Waals surface area contributed by atoms with Crippen LogP contribution in [0.5, 0.6) is 0 Å². The molecule has 1 aliphatic rings. The van der Waals surface area contributed by atoms with Crippen molar-refractivity contribution in [3.8, 4) is 0 Å². The first-order valence-corrected chi connectivity index (χ1v) is 12.6. The maximum Gasteiger partial charge on any atom is 0.264 e. The number of anilines is 3. The molecular formula is C26H29N3O3S. The molecule has 33 heavy (non-hydrogen) atoms. The molecule has 172 valence electrons. The van der Waals surface area contributed by atoms with E-state index in [0.29, 0.717) is 11.4 Å². The molecule has 1 N–H and O–H groups in total. The van der Waals surface area contributed by atoms with Crippen LogP contribution in [0.1, 0.15) is 24.0 Å². The lowest BCUT2D eigenvalue weighted by molar-refractivity contribution is -0.114. The summed E-state index contributed by atoms with van der Waals surface area (Å²) in [4.78, 5) is 15.4. The van der Waals surface area contributed by atoms with Gasteiger partial charge in [0.25, 0.3) is 10.0 Å². The van der Waals surface area contributed by atoms with E-state index in [9.17, 15) is 13.2 Å². The summed E-state index contributed by atoms with van der Waals surface area (Å²) in [6.45, 7) is 5.60. The van der Waals surface area contributed by atoms with Crippen molar-refractivity contribution in [1.29, 1.82) is 0 Å². The molecule has 1 aliphatic heterocycles. The lowest BCUT2D eigenvalue weighted by atomic mass is 10.2. The van der Waals surface area contributed by atoms with Gasteiger partial charge in [0, 0.05) is 24.5 Å². The number of carbonyl (C=O) groups excluding carboxylic acids is 1. The minimum Gasteiger partial charge on any atom is -0.372 e. The number of hydrogen-bond acceptors (Lipinski definition) is 4. The molecule has 0 aliphatic carbocycles. The number of benzene rings is 3. The molecule has 1 heterocycles. The van der Waals surface area contributed by atoms with E-state index in [1.807, 2.05) is 50.2 Å². The average Bonchev–Trinajstić information content (AvgIpc) is 3.34. The van der Waals surface area contributed by atoms with Crippen molar-refractivity contribution in [2.75, 3.05) is 34.2 Å². The van der Waals surface area contributed by atoms with Gasteiger partial charge in [0.1, 0.15) is 6.54 Å². The van der Waals surface area contributed by atoms with Crippen LogP contribution in [0, 0.1) is 13.8 Å². The summed E-state index contributed by atoms with van der Waals surface area (Å²) in [7, 11) is -3.92. The largest absolute Gasteiger partial charge is 0.372 e. The maximum absolute atomic E-state index is 13.4. The fourth-order valence-electron chi connectivity index (χ4n) is 3.93. The zero-order chi connectivity index (χ0) is 23.4. The fraction of sp³-hybridized carbons (Fsp3) is 0.269. The Labute approximate surface area is 195 Å². The van der Waals surface area contributed by atoms with E-state index in [-0.39, 0.29) is 11.4 Å². The number of nitrogens with zero attached hydrogens (tertiary/aromatic N) is 2. The third-order valence-electron chi connectivity index (χ3n) is 5.84. The van der Waals surface area contributed by atoms with Crippen molar-refractivity contribution in [1.82, 2.24) is 0 Å². The van der Waals surface area contributed by atoms with Crippen LogP contribution in [0.2, 0.25) is 0 Å². The van der Waals surface area contributed by atoms with Crippen LogP contribution in [0.4, 0.5) is 17.1 Å². The summed E-state index contributed by atoms with van der Waals surface area (Å²) in [5.74, 6) is -0.403. The van der Waals surface area contributed by atoms with Crippen molar-refractivity contribution >= 4 is 33.0 Å². The Morgan fingerprint density at radius 3 is 1.97 bits per heavy atom. The van der Waals surface area contributed by atoms with Crippen molar-refractivity contribution < 1.29 is 13.2 Å². The molecule has 0 unspecified atom stereocenters. The summed E-state index contributed by atoms with van der Waals surface area (Å²) in [6.07, 6.45) is 2.39. The molecule has 3 aromatic carbocycles. The van der Waals surface area contributed by atoms with Crippen LogP contribution < -0.4 is 14.5 Å². The number of hydrogen-bond donors (Lipinski definition) is 1. The number of rotatable bonds is 7. The van der Waals surface area contributed by atoms with Gasteiger partial charge in [-0.05, 0) is 75.2 Å². The second kappa shape index (κ2) is 9.67. The van der Waals surface area contributed by atoms with E-state index in [1.165, 1.54) is 12.8 Å². The molecule has 3 aromatic rings. The Bertz CT molecular complexity index is 1200. The molecule has 0 radical (unpaired) electrons. The molecule has 1 amide bonds. The topological polar surface area (TPSA) is 69.7 Å². The predicted molar refractivity (Wildman–Crippen MR) is 133 cm³/mol. The van der Waals surface area contributed by atoms with Crippen LogP contribution in [-0.4, -0.2) is 34.0 Å². The van der Waals surface area contributed by atoms with Gasteiger partial charge in [0.2, 0.25) is 5.91 Å². The molecule has 0 atom stereocenters. The Hall–Kier alpha value is -3.32. The molecule has 1 saturated heterocycles. The molecule has 0 saturated carbocycles. The van der Waals surface area contributed by atoms with Gasteiger partial charge in [-0.2, -0.15) is 0 Å². The molecule has 4 rings (SSSR count). The highest BCUT2D eigenvalue weighted by molar-refractivity contribution is 7.92. The molecular weight excluding hydrogens is 434 g/mol. The van der Waals surface area contributed by atoms with Gasteiger partial charge in [-0.3, -0.25) is 9.10 Å². The quantitative estimate of drug-likeness (QED) is 0.550. The van der Waals surface area contributed by atoms with Crippen LogP contribution >= 0.6 is 0 Å². The second-order valence-electron chi connectivity index (χ2n) is 8.45. The summed E-state index contributed by atoms with van der Waals surface area (Å²) in [5, 5.41) is 2.84. The molecule has 6 nitrogen and oxygen atoms in total. The van der Waals surface area contributed by atoms with Crippen molar-refractivity contribution in [2.45, 2.75) is 31.6 Å². The first-order chi connectivity index (χ1) is 15.8. The highest BCUT2D eigenvalue weighted by Gasteiger charge is 2.27. The van der Waals surface area contributed by atoms with Crippen molar-refractivity contribution in [2.24, 2.45) is 0 Å². The number of sulfonamides is 1. The Morgan fingerprint density at radius 1 is 0.848 bits per heavy atom. The monoisotopic (exact) mass is 463 g/mol. The number of aryl methyl sites for hydroxylation is 2. The number of carbonyl (C=O) groups is 1. The van der Waals surface area contributed by atoms with E-state index in [1.54, 1.807) is 36.4 Å². The second-order valence-corrected chi connectivity index (χ2v) is 10.3. The summed E-state index contributed by atoms with van der Waals surface area (Å²) >= 11 is 0. The number of nitrogens with one attached hydrogen (secondary N) is 1. The number of amides is 1. The maximum atomic E-state index is 13.4. The minimum absolute atomic E-state index is 0.149. The van der Waals surface area contributed by atoms with Gasteiger partial charge in [-0.25, -0.2) is 8.42 Å². The Kier molecular flexibility index (Phi) is 6.70. The molecule has 0 spiro atoms. The first-order valence-electron chi connectivity index (χ1n) is 11.1. The van der Waals surface area contributed by atoms with Gasteiger partial charge in [0.15, 0.2) is 0 Å². The standard InChI is InChI=1S/C26H29N3O3S/c1-20-5-11-24(12-6-20)29(33(31,32)25-15-7-21(2)8-16-25)19-26(30)27-22-9-13-23(14-10-22)28-17-3-4-18-28/h5-16H,3-4,17-19H2,1-2H3,(H,27,30). The van der Waals surface area contributed by atoms with Crippen LogP contribution in [0.25, 0.3) is 0 Å². The third kappa shape index (κ3) is 5.37. The lowest BCUT2D eigenvalue weighted by Crippen LogP contribution is -2.38. The smallest absolute Gasteiger partial charge is 0.264 e. The van der Waals surface area contributed by atoms with Gasteiger partial charge in [0.05, 0.1) is 10.6 Å². The van der Waals surface area contributed by atoms with Crippen LogP contribution in [0.3, 0.4) is 0 Å².